The molecule has 2 aromatic rings. The summed E-state index contributed by atoms with van der Waals surface area (Å²) in [5.41, 5.74) is 2.82. The number of benzene rings is 2. The Hall–Kier alpha value is -2.17. The van der Waals surface area contributed by atoms with Crippen LogP contribution in [-0.4, -0.2) is 26.1 Å². The van der Waals surface area contributed by atoms with E-state index in [2.05, 4.69) is 0 Å². The van der Waals surface area contributed by atoms with Crippen LogP contribution in [0, 0.1) is 0 Å². The lowest BCUT2D eigenvalue weighted by molar-refractivity contribution is -0.0906. The van der Waals surface area contributed by atoms with Crippen molar-refractivity contribution in [3.05, 3.63) is 65.2 Å². The van der Waals surface area contributed by atoms with E-state index in [0.29, 0.717) is 32.0 Å². The van der Waals surface area contributed by atoms with E-state index < -0.39 is 0 Å². The summed E-state index contributed by atoms with van der Waals surface area (Å²) < 4.78 is 17.1. The fourth-order valence-corrected chi connectivity index (χ4v) is 2.45. The average molecular weight is 298 g/mol. The Bertz CT molecular complexity index is 615. The van der Waals surface area contributed by atoms with Crippen LogP contribution in [0.1, 0.15) is 27.6 Å². The second-order valence-electron chi connectivity index (χ2n) is 5.11. The molecular weight excluding hydrogens is 280 g/mol. The molecule has 0 radical (unpaired) electrons. The number of carbonyl (C=O) groups excluding carboxylic acids is 1. The van der Waals surface area contributed by atoms with Gasteiger partial charge in [0.2, 0.25) is 0 Å². The monoisotopic (exact) mass is 298 g/mol. The van der Waals surface area contributed by atoms with Crippen LogP contribution in [0.4, 0.5) is 0 Å². The summed E-state index contributed by atoms with van der Waals surface area (Å²) in [5.74, 6) is 0.737. The molecule has 0 aromatic heterocycles. The molecule has 1 unspecified atom stereocenters. The standard InChI is InChI=1S/C18H18O4/c19-11-14-5-7-16(8-6-14)22-12-15-3-1-2-4-17(15)18-13-20-9-10-21-18/h1-8,11,18H,9-10,12-13H2. The van der Waals surface area contributed by atoms with E-state index in [1.165, 1.54) is 0 Å². The number of aldehydes is 1. The average Bonchev–Trinajstić information content (AvgIpc) is 2.61. The molecule has 0 N–H and O–H groups in total. The molecule has 3 rings (SSSR count). The van der Waals surface area contributed by atoms with Crippen LogP contribution < -0.4 is 4.74 Å². The fourth-order valence-electron chi connectivity index (χ4n) is 2.45. The highest BCUT2D eigenvalue weighted by Gasteiger charge is 2.19. The molecule has 1 atom stereocenters. The van der Waals surface area contributed by atoms with Gasteiger partial charge in [0, 0.05) is 5.56 Å². The Morgan fingerprint density at radius 2 is 1.91 bits per heavy atom. The lowest BCUT2D eigenvalue weighted by Gasteiger charge is -2.25. The van der Waals surface area contributed by atoms with Gasteiger partial charge in [-0.3, -0.25) is 4.79 Å². The second kappa shape index (κ2) is 7.20. The Labute approximate surface area is 129 Å². The van der Waals surface area contributed by atoms with Crippen LogP contribution in [0.15, 0.2) is 48.5 Å². The minimum atomic E-state index is -0.0361. The Kier molecular flexibility index (Phi) is 4.83. The van der Waals surface area contributed by atoms with Crippen molar-refractivity contribution in [3.8, 4) is 5.75 Å². The van der Waals surface area contributed by atoms with E-state index in [0.717, 1.165) is 23.2 Å². The SMILES string of the molecule is O=Cc1ccc(OCc2ccccc2C2COCCO2)cc1. The molecule has 0 bridgehead atoms. The van der Waals surface area contributed by atoms with Gasteiger partial charge in [0.05, 0.1) is 19.8 Å². The van der Waals surface area contributed by atoms with E-state index in [1.54, 1.807) is 24.3 Å². The van der Waals surface area contributed by atoms with Crippen molar-refractivity contribution in [1.29, 1.82) is 0 Å². The third-order valence-electron chi connectivity index (χ3n) is 3.63. The van der Waals surface area contributed by atoms with Gasteiger partial charge in [-0.1, -0.05) is 24.3 Å². The lowest BCUT2D eigenvalue weighted by atomic mass is 10.0. The van der Waals surface area contributed by atoms with Crippen molar-refractivity contribution in [1.82, 2.24) is 0 Å². The van der Waals surface area contributed by atoms with Gasteiger partial charge in [0.25, 0.3) is 0 Å². The van der Waals surface area contributed by atoms with Gasteiger partial charge in [0.15, 0.2) is 0 Å². The van der Waals surface area contributed by atoms with E-state index in [4.69, 9.17) is 14.2 Å². The Balaban J connectivity index is 1.70. The number of carbonyl (C=O) groups is 1. The van der Waals surface area contributed by atoms with Crippen LogP contribution >= 0.6 is 0 Å². The molecule has 4 heteroatoms. The van der Waals surface area contributed by atoms with Gasteiger partial charge in [0.1, 0.15) is 24.7 Å². The molecule has 22 heavy (non-hydrogen) atoms. The van der Waals surface area contributed by atoms with Crippen molar-refractivity contribution >= 4 is 6.29 Å². The summed E-state index contributed by atoms with van der Waals surface area (Å²) in [6.07, 6.45) is 0.783. The molecule has 1 aliphatic heterocycles. The Morgan fingerprint density at radius 3 is 2.64 bits per heavy atom. The van der Waals surface area contributed by atoms with Gasteiger partial charge >= 0.3 is 0 Å². The summed E-state index contributed by atoms with van der Waals surface area (Å²) in [7, 11) is 0. The highest BCUT2D eigenvalue weighted by molar-refractivity contribution is 5.74. The molecule has 1 saturated heterocycles. The molecular formula is C18H18O4. The zero-order valence-corrected chi connectivity index (χ0v) is 12.2. The highest BCUT2D eigenvalue weighted by atomic mass is 16.6. The molecule has 1 aliphatic rings. The van der Waals surface area contributed by atoms with Gasteiger partial charge < -0.3 is 14.2 Å². The second-order valence-corrected chi connectivity index (χ2v) is 5.11. The first-order valence-corrected chi connectivity index (χ1v) is 7.32. The molecule has 1 fully saturated rings. The van der Waals surface area contributed by atoms with Crippen molar-refractivity contribution in [3.63, 3.8) is 0 Å². The minimum absolute atomic E-state index is 0.0361. The van der Waals surface area contributed by atoms with Crippen LogP contribution in [0.2, 0.25) is 0 Å². The van der Waals surface area contributed by atoms with Crippen LogP contribution in [-0.2, 0) is 16.1 Å². The van der Waals surface area contributed by atoms with Crippen molar-refractivity contribution in [2.24, 2.45) is 0 Å². The quantitative estimate of drug-likeness (QED) is 0.795. The fraction of sp³-hybridized carbons (Fsp3) is 0.278. The smallest absolute Gasteiger partial charge is 0.150 e. The van der Waals surface area contributed by atoms with Crippen LogP contribution in [0.3, 0.4) is 0 Å². The van der Waals surface area contributed by atoms with Crippen molar-refractivity contribution in [2.45, 2.75) is 12.7 Å². The first-order valence-electron chi connectivity index (χ1n) is 7.32. The Morgan fingerprint density at radius 1 is 1.09 bits per heavy atom. The molecule has 1 heterocycles. The topological polar surface area (TPSA) is 44.8 Å². The van der Waals surface area contributed by atoms with E-state index in [9.17, 15) is 4.79 Å². The third kappa shape index (κ3) is 3.53. The highest BCUT2D eigenvalue weighted by Crippen LogP contribution is 2.25. The van der Waals surface area contributed by atoms with Crippen molar-refractivity contribution in [2.75, 3.05) is 19.8 Å². The maximum atomic E-state index is 10.7. The largest absolute Gasteiger partial charge is 0.489 e. The number of ether oxygens (including phenoxy) is 3. The molecule has 114 valence electrons. The summed E-state index contributed by atoms with van der Waals surface area (Å²) in [4.78, 5) is 10.7. The van der Waals surface area contributed by atoms with Gasteiger partial charge in [-0.05, 0) is 35.4 Å². The first-order chi connectivity index (χ1) is 10.9. The first kappa shape index (κ1) is 14.8. The summed E-state index contributed by atoms with van der Waals surface area (Å²) in [6, 6.07) is 15.1. The van der Waals surface area contributed by atoms with Gasteiger partial charge in [-0.2, -0.15) is 0 Å². The molecule has 0 aliphatic carbocycles. The van der Waals surface area contributed by atoms with Gasteiger partial charge in [-0.25, -0.2) is 0 Å². The predicted molar refractivity (Wildman–Crippen MR) is 82.1 cm³/mol. The summed E-state index contributed by atoms with van der Waals surface area (Å²) >= 11 is 0. The molecule has 0 amide bonds. The summed E-state index contributed by atoms with van der Waals surface area (Å²) in [6.45, 7) is 2.30. The van der Waals surface area contributed by atoms with Gasteiger partial charge in [-0.15, -0.1) is 0 Å². The lowest BCUT2D eigenvalue weighted by Crippen LogP contribution is -2.23. The molecule has 0 spiro atoms. The maximum Gasteiger partial charge on any atom is 0.150 e. The van der Waals surface area contributed by atoms with E-state index in [1.807, 2.05) is 24.3 Å². The molecule has 0 saturated carbocycles. The van der Waals surface area contributed by atoms with Crippen LogP contribution in [0.5, 0.6) is 5.75 Å². The minimum Gasteiger partial charge on any atom is -0.489 e. The zero-order chi connectivity index (χ0) is 15.2. The van der Waals surface area contributed by atoms with Crippen LogP contribution in [0.25, 0.3) is 0 Å². The number of hydrogen-bond donors (Lipinski definition) is 0. The maximum absolute atomic E-state index is 10.7. The normalized spacial score (nSPS) is 17.9. The van der Waals surface area contributed by atoms with E-state index >= 15 is 0 Å². The zero-order valence-electron chi connectivity index (χ0n) is 12.2. The van der Waals surface area contributed by atoms with Crippen molar-refractivity contribution < 1.29 is 19.0 Å². The molecule has 4 nitrogen and oxygen atoms in total. The number of rotatable bonds is 5. The summed E-state index contributed by atoms with van der Waals surface area (Å²) in [5, 5.41) is 0. The molecule has 2 aromatic carbocycles. The van der Waals surface area contributed by atoms with E-state index in [-0.39, 0.29) is 6.10 Å². The predicted octanol–water partition coefficient (Wildman–Crippen LogP) is 3.17. The third-order valence-corrected chi connectivity index (χ3v) is 3.63. The number of hydrogen-bond acceptors (Lipinski definition) is 4.